The van der Waals surface area contributed by atoms with E-state index in [1.165, 1.54) is 0 Å². The van der Waals surface area contributed by atoms with Crippen LogP contribution in [0, 0.1) is 0 Å². The van der Waals surface area contributed by atoms with Crippen molar-refractivity contribution in [3.63, 3.8) is 0 Å². The fraction of sp³-hybridized carbons (Fsp3) is 0.407. The number of carbonyl (C=O) groups excluding carboxylic acids is 1. The molecule has 0 aliphatic rings. The molecule has 0 amide bonds. The highest BCUT2D eigenvalue weighted by Gasteiger charge is 2.14. The van der Waals surface area contributed by atoms with Gasteiger partial charge < -0.3 is 14.3 Å². The van der Waals surface area contributed by atoms with Crippen molar-refractivity contribution in [1.82, 2.24) is 4.98 Å². The molecule has 0 aliphatic carbocycles. The van der Waals surface area contributed by atoms with Crippen molar-refractivity contribution in [2.45, 2.75) is 65.7 Å². The van der Waals surface area contributed by atoms with Crippen LogP contribution in [0.5, 0.6) is 11.5 Å². The number of ketones is 1. The molecule has 0 unspecified atom stereocenters. The first kappa shape index (κ1) is 23.6. The zero-order valence-corrected chi connectivity index (χ0v) is 19.3. The lowest BCUT2D eigenvalue weighted by Gasteiger charge is -2.12. The summed E-state index contributed by atoms with van der Waals surface area (Å²) in [6, 6.07) is 11.1. The van der Waals surface area contributed by atoms with Crippen molar-refractivity contribution in [3.05, 3.63) is 65.0 Å². The van der Waals surface area contributed by atoms with Crippen molar-refractivity contribution >= 4 is 5.78 Å². The minimum Gasteiger partial charge on any atom is -0.507 e. The first-order valence-corrected chi connectivity index (χ1v) is 11.5. The zero-order chi connectivity index (χ0) is 22.9. The molecule has 0 radical (unpaired) electrons. The molecule has 0 aliphatic heterocycles. The van der Waals surface area contributed by atoms with Crippen LogP contribution in [0.2, 0.25) is 0 Å². The lowest BCUT2D eigenvalue weighted by Crippen LogP contribution is -2.02. The third-order valence-electron chi connectivity index (χ3n) is 5.55. The number of rotatable bonds is 12. The van der Waals surface area contributed by atoms with E-state index in [0.717, 1.165) is 66.7 Å². The number of nitrogens with zero attached hydrogens (tertiary/aromatic N) is 1. The van der Waals surface area contributed by atoms with Gasteiger partial charge in [-0.2, -0.15) is 0 Å². The van der Waals surface area contributed by atoms with E-state index < -0.39 is 0 Å². The number of hydrogen-bond donors (Lipinski definition) is 1. The SMILES string of the molecule is CCCCc1cc(-c2nc(CCOc3ccc(C(C)=O)cc3)co2)cc(CCCC)c1O. The molecule has 3 rings (SSSR count). The Hall–Kier alpha value is -3.08. The highest BCUT2D eigenvalue weighted by Crippen LogP contribution is 2.32. The van der Waals surface area contributed by atoms with Gasteiger partial charge in [-0.25, -0.2) is 4.98 Å². The number of Topliss-reactive ketones (excluding diaryl/α,β-unsaturated/α-hetero) is 1. The lowest BCUT2D eigenvalue weighted by atomic mass is 9.97. The molecule has 1 heterocycles. The number of phenols is 1. The molecule has 0 saturated carbocycles. The van der Waals surface area contributed by atoms with Crippen LogP contribution in [0.1, 0.15) is 73.6 Å². The standard InChI is InChI=1S/C27H33NO4/c1-4-6-8-21-16-23(17-22(26(21)30)9-7-5-2)27-28-24(18-32-27)14-15-31-25-12-10-20(11-13-25)19(3)29/h10-13,16-18,30H,4-9,14-15H2,1-3H3. The largest absolute Gasteiger partial charge is 0.507 e. The molecule has 5 nitrogen and oxygen atoms in total. The average molecular weight is 436 g/mol. The molecule has 32 heavy (non-hydrogen) atoms. The van der Waals surface area contributed by atoms with E-state index in [1.54, 1.807) is 37.5 Å². The number of aromatic nitrogens is 1. The Morgan fingerprint density at radius 2 is 1.62 bits per heavy atom. The quantitative estimate of drug-likeness (QED) is 0.326. The van der Waals surface area contributed by atoms with Crippen LogP contribution < -0.4 is 4.74 Å². The van der Waals surface area contributed by atoms with E-state index in [9.17, 15) is 9.90 Å². The van der Waals surface area contributed by atoms with Gasteiger partial charge in [0.1, 0.15) is 17.8 Å². The first-order valence-electron chi connectivity index (χ1n) is 11.5. The van der Waals surface area contributed by atoms with Crippen LogP contribution in [0.15, 0.2) is 47.1 Å². The fourth-order valence-corrected chi connectivity index (χ4v) is 3.61. The summed E-state index contributed by atoms with van der Waals surface area (Å²) in [5, 5.41) is 10.7. The maximum atomic E-state index is 11.4. The zero-order valence-electron chi connectivity index (χ0n) is 19.3. The topological polar surface area (TPSA) is 72.6 Å². The molecule has 0 saturated heterocycles. The van der Waals surface area contributed by atoms with Crippen molar-refractivity contribution in [3.8, 4) is 23.0 Å². The van der Waals surface area contributed by atoms with Gasteiger partial charge in [-0.3, -0.25) is 4.79 Å². The van der Waals surface area contributed by atoms with Crippen LogP contribution in [-0.4, -0.2) is 22.5 Å². The molecule has 0 fully saturated rings. The summed E-state index contributed by atoms with van der Waals surface area (Å²) in [7, 11) is 0. The van der Waals surface area contributed by atoms with E-state index >= 15 is 0 Å². The second-order valence-electron chi connectivity index (χ2n) is 8.17. The predicted octanol–water partition coefficient (Wildman–Crippen LogP) is 6.56. The maximum Gasteiger partial charge on any atom is 0.226 e. The minimum absolute atomic E-state index is 0.0385. The van der Waals surface area contributed by atoms with Gasteiger partial charge in [0.2, 0.25) is 5.89 Å². The lowest BCUT2D eigenvalue weighted by molar-refractivity contribution is 0.101. The maximum absolute atomic E-state index is 11.4. The Bertz CT molecular complexity index is 991. The Kier molecular flexibility index (Phi) is 8.48. The fourth-order valence-electron chi connectivity index (χ4n) is 3.61. The van der Waals surface area contributed by atoms with Crippen molar-refractivity contribution in [2.75, 3.05) is 6.61 Å². The van der Waals surface area contributed by atoms with Crippen LogP contribution >= 0.6 is 0 Å². The van der Waals surface area contributed by atoms with Crippen molar-refractivity contribution in [2.24, 2.45) is 0 Å². The van der Waals surface area contributed by atoms with Crippen LogP contribution in [0.4, 0.5) is 0 Å². The van der Waals surface area contributed by atoms with E-state index in [2.05, 4.69) is 18.8 Å². The average Bonchev–Trinajstić information content (AvgIpc) is 3.27. The Balaban J connectivity index is 1.68. The molecule has 0 atom stereocenters. The summed E-state index contributed by atoms with van der Waals surface area (Å²) in [5.74, 6) is 1.75. The van der Waals surface area contributed by atoms with E-state index in [1.807, 2.05) is 12.1 Å². The van der Waals surface area contributed by atoms with Crippen molar-refractivity contribution in [1.29, 1.82) is 0 Å². The molecule has 170 valence electrons. The summed E-state index contributed by atoms with van der Waals surface area (Å²) >= 11 is 0. The van der Waals surface area contributed by atoms with Gasteiger partial charge in [-0.1, -0.05) is 26.7 Å². The number of oxazole rings is 1. The van der Waals surface area contributed by atoms with Gasteiger partial charge in [0.25, 0.3) is 0 Å². The Morgan fingerprint density at radius 1 is 1.00 bits per heavy atom. The number of ether oxygens (including phenoxy) is 1. The molecule has 5 heteroatoms. The van der Waals surface area contributed by atoms with Gasteiger partial charge in [0.15, 0.2) is 5.78 Å². The number of hydrogen-bond acceptors (Lipinski definition) is 5. The highest BCUT2D eigenvalue weighted by molar-refractivity contribution is 5.94. The minimum atomic E-state index is 0.0385. The second kappa shape index (κ2) is 11.5. The van der Waals surface area contributed by atoms with E-state index in [0.29, 0.717) is 30.2 Å². The highest BCUT2D eigenvalue weighted by atomic mass is 16.5. The third kappa shape index (κ3) is 6.22. The summed E-state index contributed by atoms with van der Waals surface area (Å²) < 4.78 is 11.5. The summed E-state index contributed by atoms with van der Waals surface area (Å²) in [4.78, 5) is 16.0. The van der Waals surface area contributed by atoms with Gasteiger partial charge in [-0.15, -0.1) is 0 Å². The van der Waals surface area contributed by atoms with Crippen LogP contribution in [0.3, 0.4) is 0 Å². The van der Waals surface area contributed by atoms with Gasteiger partial charge in [0.05, 0.1) is 12.3 Å². The van der Waals surface area contributed by atoms with Crippen LogP contribution in [-0.2, 0) is 19.3 Å². The molecular weight excluding hydrogens is 402 g/mol. The third-order valence-corrected chi connectivity index (χ3v) is 5.55. The number of benzene rings is 2. The van der Waals surface area contributed by atoms with Gasteiger partial charge >= 0.3 is 0 Å². The molecule has 2 aromatic carbocycles. The summed E-state index contributed by atoms with van der Waals surface area (Å²) in [6.07, 6.45) is 8.20. The second-order valence-corrected chi connectivity index (χ2v) is 8.17. The monoisotopic (exact) mass is 435 g/mol. The number of phenolic OH excluding ortho intramolecular Hbond substituents is 1. The molecule has 0 spiro atoms. The van der Waals surface area contributed by atoms with Crippen LogP contribution in [0.25, 0.3) is 11.5 Å². The van der Waals surface area contributed by atoms with E-state index in [-0.39, 0.29) is 5.78 Å². The number of carbonyl (C=O) groups is 1. The Labute approximate surface area is 190 Å². The smallest absolute Gasteiger partial charge is 0.226 e. The number of aromatic hydroxyl groups is 1. The summed E-state index contributed by atoms with van der Waals surface area (Å²) in [5.41, 5.74) is 4.33. The molecule has 1 N–H and O–H groups in total. The first-order chi connectivity index (χ1) is 15.5. The Morgan fingerprint density at radius 3 is 2.19 bits per heavy atom. The number of unbranched alkanes of at least 4 members (excludes halogenated alkanes) is 2. The van der Waals surface area contributed by atoms with Gasteiger partial charge in [0, 0.05) is 17.5 Å². The normalized spacial score (nSPS) is 11.0. The number of aryl methyl sites for hydroxylation is 2. The van der Waals surface area contributed by atoms with Crippen molar-refractivity contribution < 1.29 is 19.1 Å². The van der Waals surface area contributed by atoms with Gasteiger partial charge in [-0.05, 0) is 80.1 Å². The van der Waals surface area contributed by atoms with E-state index in [4.69, 9.17) is 9.15 Å². The molecule has 0 bridgehead atoms. The molecule has 1 aromatic heterocycles. The molecular formula is C27H33NO4. The summed E-state index contributed by atoms with van der Waals surface area (Å²) in [6.45, 7) is 6.31. The predicted molar refractivity (Wildman–Crippen MR) is 126 cm³/mol. The molecule has 3 aromatic rings.